The second kappa shape index (κ2) is 8.36. The molecule has 5 heteroatoms. The number of benzene rings is 3. The van der Waals surface area contributed by atoms with Gasteiger partial charge in [-0.3, -0.25) is 9.59 Å². The molecule has 0 aliphatic carbocycles. The highest BCUT2D eigenvalue weighted by atomic mass is 16.5. The fraction of sp³-hybridized carbons (Fsp3) is 0.182. The van der Waals surface area contributed by atoms with E-state index in [0.29, 0.717) is 5.75 Å². The second-order valence-corrected chi connectivity index (χ2v) is 6.40. The molecule has 27 heavy (non-hydrogen) atoms. The van der Waals surface area contributed by atoms with E-state index in [-0.39, 0.29) is 18.7 Å². The molecule has 0 bridgehead atoms. The summed E-state index contributed by atoms with van der Waals surface area (Å²) in [6.07, 6.45) is 0.462. The van der Waals surface area contributed by atoms with E-state index in [9.17, 15) is 9.59 Å². The smallest absolute Gasteiger partial charge is 0.240 e. The minimum atomic E-state index is -0.797. The van der Waals surface area contributed by atoms with E-state index in [1.807, 2.05) is 66.7 Å². The van der Waals surface area contributed by atoms with Crippen LogP contribution in [0.1, 0.15) is 11.1 Å². The van der Waals surface area contributed by atoms with Crippen LogP contribution in [0.3, 0.4) is 0 Å². The van der Waals surface area contributed by atoms with Gasteiger partial charge in [-0.05, 0) is 28.0 Å². The lowest BCUT2D eigenvalue weighted by molar-refractivity contribution is -0.127. The molecule has 0 radical (unpaired) electrons. The lowest BCUT2D eigenvalue weighted by Crippen LogP contribution is -2.46. The first-order valence-corrected chi connectivity index (χ1v) is 8.75. The van der Waals surface area contributed by atoms with Crippen LogP contribution in [0.25, 0.3) is 10.8 Å². The molecule has 0 spiro atoms. The predicted octanol–water partition coefficient (Wildman–Crippen LogP) is 2.60. The molecule has 0 saturated carbocycles. The van der Waals surface area contributed by atoms with E-state index in [4.69, 9.17) is 10.5 Å². The van der Waals surface area contributed by atoms with E-state index in [1.165, 1.54) is 0 Å². The van der Waals surface area contributed by atoms with Gasteiger partial charge in [0.25, 0.3) is 0 Å². The van der Waals surface area contributed by atoms with E-state index < -0.39 is 11.9 Å². The predicted molar refractivity (Wildman–Crippen MR) is 105 cm³/mol. The van der Waals surface area contributed by atoms with Gasteiger partial charge in [-0.2, -0.15) is 0 Å². The minimum absolute atomic E-state index is 0.181. The van der Waals surface area contributed by atoms with Gasteiger partial charge < -0.3 is 15.8 Å². The zero-order valence-electron chi connectivity index (χ0n) is 15.1. The van der Waals surface area contributed by atoms with Crippen LogP contribution in [0.5, 0.6) is 5.75 Å². The molecule has 0 unspecified atom stereocenters. The normalized spacial score (nSPS) is 11.7. The van der Waals surface area contributed by atoms with Crippen molar-refractivity contribution in [3.05, 3.63) is 77.9 Å². The van der Waals surface area contributed by atoms with Gasteiger partial charge in [0.2, 0.25) is 11.8 Å². The Hall–Kier alpha value is -3.34. The topological polar surface area (TPSA) is 81.4 Å². The molecule has 0 aromatic heterocycles. The maximum absolute atomic E-state index is 12.5. The average Bonchev–Trinajstić information content (AvgIpc) is 2.67. The molecule has 2 amide bonds. The number of para-hydroxylation sites is 1. The number of fused-ring (bicyclic) bond motifs is 1. The molecule has 138 valence electrons. The number of nitrogens with two attached hydrogens (primary N) is 1. The SMILES string of the molecule is COc1ccccc1C[C@H](NC(=O)Cc1ccc2ccccc2c1)C(N)=O. The number of amides is 2. The molecule has 0 heterocycles. The monoisotopic (exact) mass is 362 g/mol. The lowest BCUT2D eigenvalue weighted by Gasteiger charge is -2.17. The van der Waals surface area contributed by atoms with Crippen molar-refractivity contribution in [1.29, 1.82) is 0 Å². The van der Waals surface area contributed by atoms with Crippen molar-refractivity contribution in [2.45, 2.75) is 18.9 Å². The van der Waals surface area contributed by atoms with Gasteiger partial charge in [0.15, 0.2) is 0 Å². The first kappa shape index (κ1) is 18.5. The summed E-state index contributed by atoms with van der Waals surface area (Å²) in [6.45, 7) is 0. The molecule has 0 aliphatic rings. The number of rotatable bonds is 7. The average molecular weight is 362 g/mol. The van der Waals surface area contributed by atoms with Crippen molar-refractivity contribution >= 4 is 22.6 Å². The minimum Gasteiger partial charge on any atom is -0.496 e. The van der Waals surface area contributed by atoms with E-state index in [2.05, 4.69) is 5.32 Å². The third-order valence-corrected chi connectivity index (χ3v) is 4.47. The Morgan fingerprint density at radius 2 is 1.70 bits per heavy atom. The highest BCUT2D eigenvalue weighted by Gasteiger charge is 2.20. The maximum atomic E-state index is 12.5. The summed E-state index contributed by atoms with van der Waals surface area (Å²) >= 11 is 0. The van der Waals surface area contributed by atoms with Crippen LogP contribution >= 0.6 is 0 Å². The molecule has 0 saturated heterocycles. The Bertz CT molecular complexity index is 968. The third kappa shape index (κ3) is 4.64. The Morgan fingerprint density at radius 3 is 2.44 bits per heavy atom. The molecular formula is C22H22N2O3. The van der Waals surface area contributed by atoms with Crippen molar-refractivity contribution in [3.63, 3.8) is 0 Å². The fourth-order valence-corrected chi connectivity index (χ4v) is 3.09. The molecule has 3 aromatic rings. The number of hydrogen-bond acceptors (Lipinski definition) is 3. The number of carbonyl (C=O) groups is 2. The summed E-state index contributed by atoms with van der Waals surface area (Å²) in [6, 6.07) is 20.4. The molecular weight excluding hydrogens is 340 g/mol. The van der Waals surface area contributed by atoms with Crippen molar-refractivity contribution in [1.82, 2.24) is 5.32 Å². The third-order valence-electron chi connectivity index (χ3n) is 4.47. The van der Waals surface area contributed by atoms with Gasteiger partial charge in [0, 0.05) is 6.42 Å². The summed E-state index contributed by atoms with van der Waals surface area (Å²) < 4.78 is 5.30. The van der Waals surface area contributed by atoms with E-state index in [1.54, 1.807) is 7.11 Å². The number of hydrogen-bond donors (Lipinski definition) is 2. The van der Waals surface area contributed by atoms with Gasteiger partial charge in [0.1, 0.15) is 11.8 Å². The summed E-state index contributed by atoms with van der Waals surface area (Å²) in [5.41, 5.74) is 7.19. The standard InChI is InChI=1S/C22H22N2O3/c1-27-20-9-5-4-8-18(20)14-19(22(23)26)24-21(25)13-15-10-11-16-6-2-3-7-17(16)12-15/h2-12,19H,13-14H2,1H3,(H2,23,26)(H,24,25)/t19-/m0/s1. The Kier molecular flexibility index (Phi) is 5.71. The van der Waals surface area contributed by atoms with E-state index >= 15 is 0 Å². The Labute approximate surface area is 158 Å². The number of nitrogens with one attached hydrogen (secondary N) is 1. The van der Waals surface area contributed by atoms with Crippen LogP contribution in [-0.2, 0) is 22.4 Å². The second-order valence-electron chi connectivity index (χ2n) is 6.40. The number of primary amides is 1. The van der Waals surface area contributed by atoms with Gasteiger partial charge in [0.05, 0.1) is 13.5 Å². The molecule has 0 aliphatic heterocycles. The van der Waals surface area contributed by atoms with Crippen LogP contribution in [0.15, 0.2) is 66.7 Å². The van der Waals surface area contributed by atoms with Gasteiger partial charge in [-0.25, -0.2) is 0 Å². The molecule has 3 aromatic carbocycles. The van der Waals surface area contributed by atoms with Crippen molar-refractivity contribution < 1.29 is 14.3 Å². The highest BCUT2D eigenvalue weighted by molar-refractivity contribution is 5.89. The van der Waals surface area contributed by atoms with Crippen LogP contribution in [-0.4, -0.2) is 25.0 Å². The molecule has 3 N–H and O–H groups in total. The quantitative estimate of drug-likeness (QED) is 0.678. The first-order valence-electron chi connectivity index (χ1n) is 8.75. The van der Waals surface area contributed by atoms with Crippen LogP contribution in [0.4, 0.5) is 0 Å². The van der Waals surface area contributed by atoms with E-state index in [0.717, 1.165) is 21.9 Å². The van der Waals surface area contributed by atoms with Crippen molar-refractivity contribution in [3.8, 4) is 5.75 Å². The van der Waals surface area contributed by atoms with Gasteiger partial charge in [-0.15, -0.1) is 0 Å². The summed E-state index contributed by atoms with van der Waals surface area (Å²) in [7, 11) is 1.57. The lowest BCUT2D eigenvalue weighted by atomic mass is 10.0. The first-order chi connectivity index (χ1) is 13.1. The largest absolute Gasteiger partial charge is 0.496 e. The van der Waals surface area contributed by atoms with Crippen LogP contribution in [0.2, 0.25) is 0 Å². The summed E-state index contributed by atoms with van der Waals surface area (Å²) in [4.78, 5) is 24.3. The molecule has 5 nitrogen and oxygen atoms in total. The molecule has 0 fully saturated rings. The zero-order valence-corrected chi connectivity index (χ0v) is 15.1. The zero-order chi connectivity index (χ0) is 19.2. The number of methoxy groups -OCH3 is 1. The van der Waals surface area contributed by atoms with Gasteiger partial charge >= 0.3 is 0 Å². The fourth-order valence-electron chi connectivity index (χ4n) is 3.09. The Morgan fingerprint density at radius 1 is 1.00 bits per heavy atom. The summed E-state index contributed by atoms with van der Waals surface area (Å²) in [5, 5.41) is 4.93. The maximum Gasteiger partial charge on any atom is 0.240 e. The van der Waals surface area contributed by atoms with Gasteiger partial charge in [-0.1, -0.05) is 60.7 Å². The number of ether oxygens (including phenoxy) is 1. The van der Waals surface area contributed by atoms with Crippen molar-refractivity contribution in [2.24, 2.45) is 5.73 Å². The van der Waals surface area contributed by atoms with Crippen LogP contribution < -0.4 is 15.8 Å². The van der Waals surface area contributed by atoms with Crippen LogP contribution in [0, 0.1) is 0 Å². The molecule has 1 atom stereocenters. The van der Waals surface area contributed by atoms with Crippen molar-refractivity contribution in [2.75, 3.05) is 7.11 Å². The number of carbonyl (C=O) groups excluding carboxylic acids is 2. The molecule has 3 rings (SSSR count). The summed E-state index contributed by atoms with van der Waals surface area (Å²) in [5.74, 6) is -0.163. The highest BCUT2D eigenvalue weighted by Crippen LogP contribution is 2.19. The Balaban J connectivity index is 1.70.